The van der Waals surface area contributed by atoms with Crippen molar-refractivity contribution < 1.29 is 4.21 Å². The molecule has 0 aliphatic rings. The molecule has 0 aliphatic heterocycles. The van der Waals surface area contributed by atoms with Crippen molar-refractivity contribution in [2.75, 3.05) is 6.26 Å². The molecule has 11 heavy (non-hydrogen) atoms. The molecule has 1 aromatic heterocycles. The van der Waals surface area contributed by atoms with E-state index in [0.717, 1.165) is 0 Å². The Hall–Kier alpha value is -1.04. The highest BCUT2D eigenvalue weighted by Gasteiger charge is 2.01. The molecule has 1 aromatic rings. The van der Waals surface area contributed by atoms with Gasteiger partial charge in [0, 0.05) is 6.26 Å². The van der Waals surface area contributed by atoms with Crippen LogP contribution in [0.3, 0.4) is 0 Å². The maximum absolute atomic E-state index is 10.9. The Kier molecular flexibility index (Phi) is 2.13. The zero-order valence-corrected chi connectivity index (χ0v) is 6.94. The van der Waals surface area contributed by atoms with Crippen LogP contribution in [0.2, 0.25) is 0 Å². The van der Waals surface area contributed by atoms with Crippen LogP contribution in [0.1, 0.15) is 5.69 Å². The van der Waals surface area contributed by atoms with Crippen LogP contribution in [0.15, 0.2) is 9.95 Å². The minimum atomic E-state index is -1.28. The van der Waals surface area contributed by atoms with Gasteiger partial charge in [0.05, 0.1) is 10.8 Å². The zero-order chi connectivity index (χ0) is 8.43. The lowest BCUT2D eigenvalue weighted by molar-refractivity contribution is 0.671. The molecule has 0 saturated heterocycles. The van der Waals surface area contributed by atoms with Gasteiger partial charge in [0.2, 0.25) is 5.16 Å². The first kappa shape index (κ1) is 8.06. The van der Waals surface area contributed by atoms with Crippen molar-refractivity contribution in [2.45, 2.75) is 12.1 Å². The molecule has 0 saturated carbocycles. The zero-order valence-electron chi connectivity index (χ0n) is 6.12. The van der Waals surface area contributed by atoms with Gasteiger partial charge < -0.3 is 0 Å². The summed E-state index contributed by atoms with van der Waals surface area (Å²) < 4.78 is 10.7. The Labute approximate surface area is 65.3 Å². The molecule has 5 nitrogen and oxygen atoms in total. The first-order valence-corrected chi connectivity index (χ1v) is 4.44. The predicted molar refractivity (Wildman–Crippen MR) is 39.7 cm³/mol. The van der Waals surface area contributed by atoms with Crippen LogP contribution in [0.25, 0.3) is 0 Å². The number of nitrogens with one attached hydrogen (secondary N) is 1. The van der Waals surface area contributed by atoms with Crippen molar-refractivity contribution in [1.82, 2.24) is 15.2 Å². The molecule has 0 fully saturated rings. The summed E-state index contributed by atoms with van der Waals surface area (Å²) in [5, 5.41) is 7.16. The molecule has 1 rings (SSSR count). The van der Waals surface area contributed by atoms with Crippen LogP contribution >= 0.6 is 0 Å². The largest absolute Gasteiger partial charge is 0.296 e. The third-order valence-corrected chi connectivity index (χ3v) is 1.84. The monoisotopic (exact) mass is 173 g/mol. The van der Waals surface area contributed by atoms with Crippen LogP contribution in [-0.2, 0) is 10.8 Å². The fraction of sp³-hybridized carbons (Fsp3) is 0.400. The number of aromatic nitrogens is 3. The Morgan fingerprint density at radius 3 is 2.55 bits per heavy atom. The van der Waals surface area contributed by atoms with Gasteiger partial charge in [-0.05, 0) is 6.92 Å². The van der Waals surface area contributed by atoms with Crippen molar-refractivity contribution in [3.05, 3.63) is 16.0 Å². The van der Waals surface area contributed by atoms with E-state index >= 15 is 0 Å². The van der Waals surface area contributed by atoms with Gasteiger partial charge in [-0.1, -0.05) is 0 Å². The Bertz CT molecular complexity index is 346. The highest BCUT2D eigenvalue weighted by atomic mass is 32.2. The summed E-state index contributed by atoms with van der Waals surface area (Å²) in [6.07, 6.45) is 1.43. The molecule has 0 spiro atoms. The molecule has 0 radical (unpaired) electrons. The van der Waals surface area contributed by atoms with E-state index < -0.39 is 10.8 Å². The average molecular weight is 173 g/mol. The van der Waals surface area contributed by atoms with Gasteiger partial charge in [-0.2, -0.15) is 0 Å². The van der Waals surface area contributed by atoms with Gasteiger partial charge in [0.15, 0.2) is 0 Å². The standard InChI is InChI=1S/C5H7N3O2S/c1-3-4(9)6-5(8-7-3)11(2)10/h1-2H3,(H,6,8,9). The van der Waals surface area contributed by atoms with Crippen molar-refractivity contribution >= 4 is 10.8 Å². The van der Waals surface area contributed by atoms with E-state index in [4.69, 9.17) is 0 Å². The number of hydrogen-bond acceptors (Lipinski definition) is 4. The molecule has 0 bridgehead atoms. The Morgan fingerprint density at radius 1 is 1.45 bits per heavy atom. The molecule has 1 atom stereocenters. The summed E-state index contributed by atoms with van der Waals surface area (Å²) in [5.41, 5.74) is -0.0654. The van der Waals surface area contributed by atoms with Gasteiger partial charge in [0.1, 0.15) is 5.69 Å². The number of H-pyrrole nitrogens is 1. The van der Waals surface area contributed by atoms with E-state index in [0.29, 0.717) is 0 Å². The first-order chi connectivity index (χ1) is 5.11. The summed E-state index contributed by atoms with van der Waals surface area (Å²) in [5.74, 6) is 0. The molecular formula is C5H7N3O2S. The van der Waals surface area contributed by atoms with Crippen LogP contribution in [0.5, 0.6) is 0 Å². The van der Waals surface area contributed by atoms with Crippen LogP contribution in [0.4, 0.5) is 0 Å². The van der Waals surface area contributed by atoms with Gasteiger partial charge in [-0.25, -0.2) is 0 Å². The highest BCUT2D eigenvalue weighted by Crippen LogP contribution is 1.88. The van der Waals surface area contributed by atoms with E-state index in [2.05, 4.69) is 15.2 Å². The van der Waals surface area contributed by atoms with Crippen LogP contribution in [-0.4, -0.2) is 25.6 Å². The van der Waals surface area contributed by atoms with Crippen molar-refractivity contribution in [1.29, 1.82) is 0 Å². The quantitative estimate of drug-likeness (QED) is 0.604. The fourth-order valence-corrected chi connectivity index (χ4v) is 0.900. The summed E-state index contributed by atoms with van der Waals surface area (Å²) >= 11 is 0. The van der Waals surface area contributed by atoms with Crippen molar-refractivity contribution in [3.63, 3.8) is 0 Å². The van der Waals surface area contributed by atoms with E-state index in [1.54, 1.807) is 0 Å². The molecule has 0 aliphatic carbocycles. The van der Waals surface area contributed by atoms with Gasteiger partial charge >= 0.3 is 0 Å². The molecule has 1 heterocycles. The van der Waals surface area contributed by atoms with Crippen LogP contribution < -0.4 is 5.56 Å². The summed E-state index contributed by atoms with van der Waals surface area (Å²) in [7, 11) is -1.28. The van der Waals surface area contributed by atoms with Crippen LogP contribution in [0, 0.1) is 6.92 Å². The topological polar surface area (TPSA) is 75.7 Å². The highest BCUT2D eigenvalue weighted by molar-refractivity contribution is 7.84. The molecule has 0 amide bonds. The number of nitrogens with zero attached hydrogens (tertiary/aromatic N) is 2. The lowest BCUT2D eigenvalue weighted by Crippen LogP contribution is -2.16. The number of aryl methyl sites for hydroxylation is 1. The molecular weight excluding hydrogens is 166 g/mol. The minimum Gasteiger partial charge on any atom is -0.296 e. The molecule has 0 aromatic carbocycles. The number of hydrogen-bond donors (Lipinski definition) is 1. The smallest absolute Gasteiger partial charge is 0.273 e. The normalized spacial score (nSPS) is 12.9. The summed E-state index contributed by atoms with van der Waals surface area (Å²) in [6.45, 7) is 1.54. The second-order valence-corrected chi connectivity index (χ2v) is 3.29. The van der Waals surface area contributed by atoms with Crippen molar-refractivity contribution in [2.24, 2.45) is 0 Å². The van der Waals surface area contributed by atoms with E-state index in [-0.39, 0.29) is 16.4 Å². The third kappa shape index (κ3) is 1.70. The molecule has 1 N–H and O–H groups in total. The minimum absolute atomic E-state index is 0.112. The third-order valence-electron chi connectivity index (χ3n) is 1.11. The summed E-state index contributed by atoms with van der Waals surface area (Å²) in [6, 6.07) is 0. The summed E-state index contributed by atoms with van der Waals surface area (Å²) in [4.78, 5) is 13.2. The van der Waals surface area contributed by atoms with E-state index in [1.807, 2.05) is 0 Å². The predicted octanol–water partition coefficient (Wildman–Crippen LogP) is -0.789. The van der Waals surface area contributed by atoms with E-state index in [1.165, 1.54) is 13.2 Å². The lowest BCUT2D eigenvalue weighted by Gasteiger charge is -1.92. The second kappa shape index (κ2) is 2.91. The molecule has 60 valence electrons. The molecule has 6 heteroatoms. The van der Waals surface area contributed by atoms with Crippen molar-refractivity contribution in [3.8, 4) is 0 Å². The number of rotatable bonds is 1. The van der Waals surface area contributed by atoms with E-state index in [9.17, 15) is 9.00 Å². The van der Waals surface area contributed by atoms with Gasteiger partial charge in [-0.15, -0.1) is 10.2 Å². The van der Waals surface area contributed by atoms with Gasteiger partial charge in [-0.3, -0.25) is 14.0 Å². The maximum atomic E-state index is 10.9. The first-order valence-electron chi connectivity index (χ1n) is 2.88. The lowest BCUT2D eigenvalue weighted by atomic mass is 10.5. The Morgan fingerprint density at radius 2 is 2.09 bits per heavy atom. The SMILES string of the molecule is Cc1nnc(S(C)=O)[nH]c1=O. The van der Waals surface area contributed by atoms with Gasteiger partial charge in [0.25, 0.3) is 5.56 Å². The second-order valence-electron chi connectivity index (χ2n) is 2.00. The Balaban J connectivity index is 3.26. The maximum Gasteiger partial charge on any atom is 0.273 e. The molecule has 1 unspecified atom stereocenters. The average Bonchev–Trinajstić information content (AvgIpc) is 1.94. The number of aromatic amines is 1. The fourth-order valence-electron chi connectivity index (χ4n) is 0.508.